The topological polar surface area (TPSA) is 79.8 Å². The zero-order chi connectivity index (χ0) is 18.7. The Bertz CT molecular complexity index is 1070. The summed E-state index contributed by atoms with van der Waals surface area (Å²) in [4.78, 5) is 12.1. The van der Waals surface area contributed by atoms with Crippen LogP contribution in [0.3, 0.4) is 0 Å². The third-order valence-corrected chi connectivity index (χ3v) is 4.77. The number of rotatable bonds is 4. The highest BCUT2D eigenvalue weighted by Crippen LogP contribution is 2.23. The van der Waals surface area contributed by atoms with Crippen LogP contribution in [-0.4, -0.2) is 26.9 Å². The Labute approximate surface area is 162 Å². The minimum absolute atomic E-state index is 0.131. The summed E-state index contributed by atoms with van der Waals surface area (Å²) in [5.74, 6) is -0.0632. The molecule has 0 amide bonds. The highest BCUT2D eigenvalue weighted by Gasteiger charge is 2.13. The van der Waals surface area contributed by atoms with Gasteiger partial charge >= 0.3 is 0 Å². The predicted molar refractivity (Wildman–Crippen MR) is 103 cm³/mol. The first kappa shape index (κ1) is 18.3. The van der Waals surface area contributed by atoms with Gasteiger partial charge in [-0.05, 0) is 35.9 Å². The minimum atomic E-state index is -0.194. The lowest BCUT2D eigenvalue weighted by atomic mass is 10.2. The van der Waals surface area contributed by atoms with Crippen molar-refractivity contribution in [2.75, 3.05) is 0 Å². The first-order valence-electron chi connectivity index (χ1n) is 7.36. The SMILES string of the molecule is CC(=O)c1nn(-c2cc(Cl)ccc2Cl)/c(=N/N=C/c2cccc(O)c2)s1. The summed E-state index contributed by atoms with van der Waals surface area (Å²) in [5.41, 5.74) is 1.17. The Hall–Kier alpha value is -2.48. The summed E-state index contributed by atoms with van der Waals surface area (Å²) >= 11 is 13.4. The number of halogens is 2. The number of nitrogens with zero attached hydrogens (tertiary/aromatic N) is 4. The van der Waals surface area contributed by atoms with Crippen molar-refractivity contribution >= 4 is 46.5 Å². The van der Waals surface area contributed by atoms with Crippen LogP contribution in [0.4, 0.5) is 0 Å². The molecule has 9 heteroatoms. The number of hydrogen-bond acceptors (Lipinski definition) is 6. The van der Waals surface area contributed by atoms with Crippen LogP contribution in [0.15, 0.2) is 52.7 Å². The summed E-state index contributed by atoms with van der Waals surface area (Å²) < 4.78 is 1.43. The molecule has 0 unspecified atom stereocenters. The number of Topliss-reactive ketones (excluding diaryl/α,β-unsaturated/α-hetero) is 1. The molecule has 3 rings (SSSR count). The van der Waals surface area contributed by atoms with Crippen molar-refractivity contribution < 1.29 is 9.90 Å². The van der Waals surface area contributed by atoms with E-state index >= 15 is 0 Å². The van der Waals surface area contributed by atoms with E-state index in [4.69, 9.17) is 23.2 Å². The van der Waals surface area contributed by atoms with Crippen LogP contribution in [-0.2, 0) is 0 Å². The van der Waals surface area contributed by atoms with Crippen LogP contribution >= 0.6 is 34.5 Å². The van der Waals surface area contributed by atoms with Gasteiger partial charge in [0.1, 0.15) is 5.75 Å². The molecule has 0 atom stereocenters. The molecule has 0 aliphatic carbocycles. The van der Waals surface area contributed by atoms with Gasteiger partial charge in [-0.1, -0.05) is 46.7 Å². The summed E-state index contributed by atoms with van der Waals surface area (Å²) in [6, 6.07) is 11.5. The number of phenolic OH excluding ortho intramolecular Hbond substituents is 1. The second-order valence-corrected chi connectivity index (χ2v) is 6.99. The molecular weight excluding hydrogens is 395 g/mol. The molecule has 0 bridgehead atoms. The molecule has 1 N–H and O–H groups in total. The van der Waals surface area contributed by atoms with Crippen LogP contribution < -0.4 is 4.80 Å². The van der Waals surface area contributed by atoms with Gasteiger partial charge in [-0.3, -0.25) is 4.79 Å². The molecule has 0 aliphatic rings. The van der Waals surface area contributed by atoms with E-state index in [0.717, 1.165) is 11.3 Å². The highest BCUT2D eigenvalue weighted by atomic mass is 35.5. The highest BCUT2D eigenvalue weighted by molar-refractivity contribution is 7.11. The second-order valence-electron chi connectivity index (χ2n) is 5.19. The molecule has 0 saturated carbocycles. The van der Waals surface area contributed by atoms with Crippen LogP contribution in [0.25, 0.3) is 5.69 Å². The maximum Gasteiger partial charge on any atom is 0.233 e. The fourth-order valence-corrected chi connectivity index (χ4v) is 3.16. The van der Waals surface area contributed by atoms with Crippen molar-refractivity contribution in [2.45, 2.75) is 6.92 Å². The third-order valence-electron chi connectivity index (χ3n) is 3.22. The second kappa shape index (κ2) is 7.82. The molecule has 132 valence electrons. The fraction of sp³-hybridized carbons (Fsp3) is 0.0588. The van der Waals surface area contributed by atoms with Gasteiger partial charge in [-0.15, -0.1) is 5.10 Å². The van der Waals surface area contributed by atoms with E-state index in [1.165, 1.54) is 17.8 Å². The van der Waals surface area contributed by atoms with E-state index in [9.17, 15) is 9.90 Å². The normalized spacial score (nSPS) is 12.0. The third kappa shape index (κ3) is 4.19. The number of carbonyl (C=O) groups is 1. The molecule has 26 heavy (non-hydrogen) atoms. The molecule has 0 saturated heterocycles. The summed E-state index contributed by atoms with van der Waals surface area (Å²) in [6.45, 7) is 1.42. The largest absolute Gasteiger partial charge is 0.508 e. The number of aromatic nitrogens is 2. The number of hydrogen-bond donors (Lipinski definition) is 1. The van der Waals surface area contributed by atoms with E-state index in [2.05, 4.69) is 15.3 Å². The molecule has 2 aromatic carbocycles. The number of benzene rings is 2. The van der Waals surface area contributed by atoms with Gasteiger partial charge in [0, 0.05) is 11.9 Å². The van der Waals surface area contributed by atoms with Crippen LogP contribution in [0, 0.1) is 0 Å². The molecule has 0 aliphatic heterocycles. The Morgan fingerprint density at radius 3 is 2.81 bits per heavy atom. The molecule has 0 spiro atoms. The van der Waals surface area contributed by atoms with Crippen molar-refractivity contribution in [2.24, 2.45) is 10.2 Å². The quantitative estimate of drug-likeness (QED) is 0.402. The molecule has 6 nitrogen and oxygen atoms in total. The summed E-state index contributed by atoms with van der Waals surface area (Å²) in [5, 5.41) is 23.0. The zero-order valence-corrected chi connectivity index (χ0v) is 15.8. The van der Waals surface area contributed by atoms with Crippen molar-refractivity contribution in [3.63, 3.8) is 0 Å². The van der Waals surface area contributed by atoms with E-state index in [-0.39, 0.29) is 16.5 Å². The Morgan fingerprint density at radius 2 is 2.08 bits per heavy atom. The number of ketones is 1. The molecule has 0 radical (unpaired) electrons. The van der Waals surface area contributed by atoms with Crippen molar-refractivity contribution in [3.8, 4) is 11.4 Å². The Morgan fingerprint density at radius 1 is 1.27 bits per heavy atom. The van der Waals surface area contributed by atoms with Gasteiger partial charge in [0.05, 0.1) is 16.9 Å². The minimum Gasteiger partial charge on any atom is -0.508 e. The first-order valence-corrected chi connectivity index (χ1v) is 8.94. The predicted octanol–water partition coefficient (Wildman–Crippen LogP) is 4.08. The van der Waals surface area contributed by atoms with Crippen molar-refractivity contribution in [1.82, 2.24) is 9.78 Å². The number of aromatic hydroxyl groups is 1. The van der Waals surface area contributed by atoms with E-state index in [1.807, 2.05) is 0 Å². The zero-order valence-electron chi connectivity index (χ0n) is 13.4. The van der Waals surface area contributed by atoms with E-state index < -0.39 is 0 Å². The lowest BCUT2D eigenvalue weighted by Crippen LogP contribution is -2.14. The van der Waals surface area contributed by atoms with E-state index in [1.54, 1.807) is 42.5 Å². The van der Waals surface area contributed by atoms with Gasteiger partial charge in [0.25, 0.3) is 0 Å². The van der Waals surface area contributed by atoms with Crippen molar-refractivity contribution in [3.05, 3.63) is 67.9 Å². The molecule has 1 aromatic heterocycles. The summed E-state index contributed by atoms with van der Waals surface area (Å²) in [7, 11) is 0. The van der Waals surface area contributed by atoms with Gasteiger partial charge in [-0.2, -0.15) is 10.2 Å². The molecular formula is C17H12Cl2N4O2S. The first-order chi connectivity index (χ1) is 12.4. The fourth-order valence-electron chi connectivity index (χ4n) is 2.04. The summed E-state index contributed by atoms with van der Waals surface area (Å²) in [6.07, 6.45) is 1.48. The van der Waals surface area contributed by atoms with Crippen LogP contribution in [0.1, 0.15) is 22.3 Å². The standard InChI is InChI=1S/C17H12Cl2N4O2S/c1-10(24)16-22-23(15-8-12(18)5-6-14(15)19)17(26-16)21-20-9-11-3-2-4-13(25)7-11/h2-9,25H,1H3/b20-9+,21-17-. The van der Waals surface area contributed by atoms with Crippen LogP contribution in [0.5, 0.6) is 5.75 Å². The average molecular weight is 407 g/mol. The van der Waals surface area contributed by atoms with Crippen molar-refractivity contribution in [1.29, 1.82) is 0 Å². The van der Waals surface area contributed by atoms with E-state index in [0.29, 0.717) is 26.1 Å². The van der Waals surface area contributed by atoms with Crippen LogP contribution in [0.2, 0.25) is 10.0 Å². The lowest BCUT2D eigenvalue weighted by molar-refractivity contribution is 0.101. The number of phenols is 1. The Balaban J connectivity index is 2.08. The monoisotopic (exact) mass is 406 g/mol. The molecule has 3 aromatic rings. The average Bonchev–Trinajstić information content (AvgIpc) is 3.01. The maximum absolute atomic E-state index is 11.7. The van der Waals surface area contributed by atoms with Gasteiger partial charge in [-0.25, -0.2) is 4.68 Å². The Kier molecular flexibility index (Phi) is 5.51. The maximum atomic E-state index is 11.7. The molecule has 0 fully saturated rings. The van der Waals surface area contributed by atoms with Gasteiger partial charge < -0.3 is 5.11 Å². The molecule has 1 heterocycles. The van der Waals surface area contributed by atoms with Gasteiger partial charge in [0.15, 0.2) is 10.8 Å². The number of carbonyl (C=O) groups excluding carboxylic acids is 1. The van der Waals surface area contributed by atoms with Gasteiger partial charge in [0.2, 0.25) is 4.80 Å². The smallest absolute Gasteiger partial charge is 0.233 e. The lowest BCUT2D eigenvalue weighted by Gasteiger charge is -2.04.